The Kier molecular flexibility index (Phi) is 1.27. The van der Waals surface area contributed by atoms with Crippen LogP contribution in [0.5, 0.6) is 0 Å². The molecule has 2 fully saturated rings. The Morgan fingerprint density at radius 3 is 3.09 bits per heavy atom. The van der Waals surface area contributed by atoms with E-state index in [9.17, 15) is 9.90 Å². The first-order valence-corrected chi connectivity index (χ1v) is 4.11. The van der Waals surface area contributed by atoms with Gasteiger partial charge >= 0.3 is 0 Å². The molecule has 3 nitrogen and oxygen atoms in total. The molecule has 1 aliphatic heterocycles. The van der Waals surface area contributed by atoms with Crippen molar-refractivity contribution in [1.29, 1.82) is 0 Å². The fourth-order valence-electron chi connectivity index (χ4n) is 2.16. The first-order chi connectivity index (χ1) is 5.11. The lowest BCUT2D eigenvalue weighted by atomic mass is 9.80. The lowest BCUT2D eigenvalue weighted by molar-refractivity contribution is -0.125. The van der Waals surface area contributed by atoms with E-state index in [0.29, 0.717) is 0 Å². The minimum absolute atomic E-state index is 0.0129. The molecular weight excluding hydrogens is 142 g/mol. The lowest BCUT2D eigenvalue weighted by Crippen LogP contribution is -2.38. The standard InChI is InChI=1S/C8H13NO2/c1-8-3-2-6(10)5(4-8)7(11)9-8/h5-6,10H,2-4H2,1H3,(H,9,11). The van der Waals surface area contributed by atoms with E-state index in [1.54, 1.807) is 0 Å². The fourth-order valence-corrected chi connectivity index (χ4v) is 2.16. The predicted octanol–water partition coefficient (Wildman–Crippen LogP) is 0.0359. The number of aliphatic hydroxyl groups is 1. The molecule has 1 heterocycles. The highest BCUT2D eigenvalue weighted by Crippen LogP contribution is 2.37. The number of hydrogen-bond acceptors (Lipinski definition) is 2. The Morgan fingerprint density at radius 1 is 1.73 bits per heavy atom. The van der Waals surface area contributed by atoms with Crippen LogP contribution in [-0.4, -0.2) is 22.7 Å². The number of hydrogen-bond donors (Lipinski definition) is 2. The molecule has 3 atom stereocenters. The highest BCUT2D eigenvalue weighted by atomic mass is 16.3. The number of rotatable bonds is 0. The van der Waals surface area contributed by atoms with Crippen molar-refractivity contribution in [2.45, 2.75) is 37.8 Å². The van der Waals surface area contributed by atoms with E-state index in [1.165, 1.54) is 0 Å². The van der Waals surface area contributed by atoms with Gasteiger partial charge in [-0.3, -0.25) is 4.79 Å². The highest BCUT2D eigenvalue weighted by molar-refractivity contribution is 5.83. The number of carbonyl (C=O) groups excluding carboxylic acids is 1. The van der Waals surface area contributed by atoms with E-state index in [4.69, 9.17) is 0 Å². The van der Waals surface area contributed by atoms with Gasteiger partial charge in [0.1, 0.15) is 0 Å². The molecule has 0 radical (unpaired) electrons. The molecule has 62 valence electrons. The van der Waals surface area contributed by atoms with Gasteiger partial charge in [0.2, 0.25) is 5.91 Å². The van der Waals surface area contributed by atoms with Gasteiger partial charge in [-0.05, 0) is 26.2 Å². The van der Waals surface area contributed by atoms with Crippen LogP contribution in [0.3, 0.4) is 0 Å². The SMILES string of the molecule is CC12CCC(O)C(C1)C(=O)N2. The number of amides is 1. The molecule has 2 N–H and O–H groups in total. The largest absolute Gasteiger partial charge is 0.392 e. The highest BCUT2D eigenvalue weighted by Gasteiger charge is 2.47. The van der Waals surface area contributed by atoms with Crippen LogP contribution in [0.25, 0.3) is 0 Å². The second-order valence-electron chi connectivity index (χ2n) is 3.97. The normalized spacial score (nSPS) is 49.1. The maximum atomic E-state index is 11.2. The van der Waals surface area contributed by atoms with Gasteiger partial charge in [-0.25, -0.2) is 0 Å². The summed E-state index contributed by atoms with van der Waals surface area (Å²) in [5.74, 6) is -0.0914. The molecule has 1 saturated heterocycles. The van der Waals surface area contributed by atoms with Crippen LogP contribution in [0.1, 0.15) is 26.2 Å². The van der Waals surface area contributed by atoms with Crippen molar-refractivity contribution in [3.63, 3.8) is 0 Å². The Balaban J connectivity index is 2.24. The summed E-state index contributed by atoms with van der Waals surface area (Å²) in [6.07, 6.45) is 2.09. The fraction of sp³-hybridized carbons (Fsp3) is 0.875. The van der Waals surface area contributed by atoms with E-state index in [1.807, 2.05) is 0 Å². The van der Waals surface area contributed by atoms with Gasteiger partial charge < -0.3 is 10.4 Å². The minimum Gasteiger partial charge on any atom is -0.392 e. The number of aliphatic hydroxyl groups excluding tert-OH is 1. The molecule has 2 aliphatic rings. The van der Waals surface area contributed by atoms with Crippen LogP contribution in [0.2, 0.25) is 0 Å². The third kappa shape index (κ3) is 0.948. The summed E-state index contributed by atoms with van der Waals surface area (Å²) in [6.45, 7) is 2.05. The number of fused-ring (bicyclic) bond motifs is 2. The molecule has 2 rings (SSSR count). The molecule has 2 bridgehead atoms. The summed E-state index contributed by atoms with van der Waals surface area (Å²) >= 11 is 0. The third-order valence-corrected chi connectivity index (χ3v) is 2.89. The van der Waals surface area contributed by atoms with Crippen LogP contribution in [-0.2, 0) is 4.79 Å². The van der Waals surface area contributed by atoms with Crippen molar-refractivity contribution in [2.24, 2.45) is 5.92 Å². The first-order valence-electron chi connectivity index (χ1n) is 4.11. The van der Waals surface area contributed by atoms with Gasteiger partial charge in [-0.1, -0.05) is 0 Å². The molecule has 0 spiro atoms. The molecule has 1 saturated carbocycles. The van der Waals surface area contributed by atoms with Gasteiger partial charge in [0.25, 0.3) is 0 Å². The Bertz CT molecular complexity index is 204. The maximum absolute atomic E-state index is 11.2. The summed E-state index contributed by atoms with van der Waals surface area (Å²) in [7, 11) is 0. The molecule has 0 aromatic heterocycles. The zero-order valence-electron chi connectivity index (χ0n) is 6.63. The number of carbonyl (C=O) groups is 1. The van der Waals surface area contributed by atoms with Crippen LogP contribution >= 0.6 is 0 Å². The van der Waals surface area contributed by atoms with Crippen LogP contribution in [0.4, 0.5) is 0 Å². The van der Waals surface area contributed by atoms with E-state index < -0.39 is 6.10 Å². The van der Waals surface area contributed by atoms with E-state index in [0.717, 1.165) is 19.3 Å². The number of nitrogens with one attached hydrogen (secondary N) is 1. The summed E-state index contributed by atoms with van der Waals surface area (Å²) in [6, 6.07) is 0. The zero-order chi connectivity index (χ0) is 8.06. The Hall–Kier alpha value is -0.570. The molecule has 3 heteroatoms. The molecular formula is C8H13NO2. The van der Waals surface area contributed by atoms with Crippen LogP contribution in [0, 0.1) is 5.92 Å². The van der Waals surface area contributed by atoms with E-state index >= 15 is 0 Å². The van der Waals surface area contributed by atoms with E-state index in [-0.39, 0.29) is 17.4 Å². The van der Waals surface area contributed by atoms with Crippen LogP contribution < -0.4 is 5.32 Å². The van der Waals surface area contributed by atoms with Crippen molar-refractivity contribution in [1.82, 2.24) is 5.32 Å². The molecule has 1 amide bonds. The van der Waals surface area contributed by atoms with E-state index in [2.05, 4.69) is 12.2 Å². The minimum atomic E-state index is -0.398. The molecule has 3 unspecified atom stereocenters. The topological polar surface area (TPSA) is 49.3 Å². The average Bonchev–Trinajstić information content (AvgIpc) is 2.18. The molecule has 1 aliphatic carbocycles. The van der Waals surface area contributed by atoms with Gasteiger partial charge in [0.05, 0.1) is 12.0 Å². The summed E-state index contributed by atoms with van der Waals surface area (Å²) in [4.78, 5) is 11.2. The van der Waals surface area contributed by atoms with Crippen molar-refractivity contribution in [3.05, 3.63) is 0 Å². The van der Waals surface area contributed by atoms with Gasteiger partial charge in [-0.2, -0.15) is 0 Å². The Labute approximate surface area is 65.8 Å². The quantitative estimate of drug-likeness (QED) is 0.518. The van der Waals surface area contributed by atoms with Gasteiger partial charge in [-0.15, -0.1) is 0 Å². The molecule has 0 aromatic rings. The monoisotopic (exact) mass is 155 g/mol. The zero-order valence-corrected chi connectivity index (χ0v) is 6.63. The second kappa shape index (κ2) is 1.97. The maximum Gasteiger partial charge on any atom is 0.226 e. The van der Waals surface area contributed by atoms with Crippen molar-refractivity contribution in [3.8, 4) is 0 Å². The Morgan fingerprint density at radius 2 is 2.45 bits per heavy atom. The smallest absolute Gasteiger partial charge is 0.226 e. The van der Waals surface area contributed by atoms with Crippen molar-refractivity contribution in [2.75, 3.05) is 0 Å². The van der Waals surface area contributed by atoms with Gasteiger partial charge in [0, 0.05) is 5.54 Å². The average molecular weight is 155 g/mol. The summed E-state index contributed by atoms with van der Waals surface area (Å²) < 4.78 is 0. The molecule has 0 aromatic carbocycles. The summed E-state index contributed by atoms with van der Waals surface area (Å²) in [5, 5.41) is 12.3. The molecule has 11 heavy (non-hydrogen) atoms. The van der Waals surface area contributed by atoms with Crippen molar-refractivity contribution >= 4 is 5.91 Å². The van der Waals surface area contributed by atoms with Crippen molar-refractivity contribution < 1.29 is 9.90 Å². The van der Waals surface area contributed by atoms with Crippen LogP contribution in [0.15, 0.2) is 0 Å². The predicted molar refractivity (Wildman–Crippen MR) is 39.9 cm³/mol. The summed E-state index contributed by atoms with van der Waals surface area (Å²) in [5.41, 5.74) is -0.0129. The second-order valence-corrected chi connectivity index (χ2v) is 3.97. The van der Waals surface area contributed by atoms with Gasteiger partial charge in [0.15, 0.2) is 0 Å². The lowest BCUT2D eigenvalue weighted by Gasteiger charge is -2.29. The third-order valence-electron chi connectivity index (χ3n) is 2.89. The first kappa shape index (κ1) is 7.10.